The van der Waals surface area contributed by atoms with Crippen LogP contribution in [0.2, 0.25) is 0 Å². The van der Waals surface area contributed by atoms with Crippen LogP contribution in [0.1, 0.15) is 11.3 Å². The van der Waals surface area contributed by atoms with E-state index in [1.807, 2.05) is 19.1 Å². The van der Waals surface area contributed by atoms with Gasteiger partial charge in [0, 0.05) is 12.4 Å². The first-order chi connectivity index (χ1) is 10.0. The molecule has 0 aliphatic heterocycles. The summed E-state index contributed by atoms with van der Waals surface area (Å²) < 4.78 is 1.22. The molecule has 0 radical (unpaired) electrons. The summed E-state index contributed by atoms with van der Waals surface area (Å²) in [6.07, 6.45) is 4.49. The van der Waals surface area contributed by atoms with E-state index in [1.54, 1.807) is 6.20 Å². The highest BCUT2D eigenvalue weighted by molar-refractivity contribution is 5.88. The Kier molecular flexibility index (Phi) is 4.50. The second-order valence-corrected chi connectivity index (χ2v) is 4.40. The van der Waals surface area contributed by atoms with Gasteiger partial charge in [-0.25, -0.2) is 4.79 Å². The normalized spacial score (nSPS) is 10.1. The van der Waals surface area contributed by atoms with Gasteiger partial charge in [-0.3, -0.25) is 14.5 Å². The number of aliphatic carboxylic acids is 1. The lowest BCUT2D eigenvalue weighted by Crippen LogP contribution is -2.28. The molecule has 0 aromatic carbocycles. The summed E-state index contributed by atoms with van der Waals surface area (Å²) in [5.74, 6) is -1.00. The molecule has 21 heavy (non-hydrogen) atoms. The fourth-order valence-electron chi connectivity index (χ4n) is 1.70. The first kappa shape index (κ1) is 14.5. The summed E-state index contributed by atoms with van der Waals surface area (Å²) in [7, 11) is 0. The highest BCUT2D eigenvalue weighted by atomic mass is 16.4. The Labute approximate surface area is 120 Å². The number of nitrogens with one attached hydrogen (secondary N) is 2. The quantitative estimate of drug-likeness (QED) is 0.760. The van der Waals surface area contributed by atoms with Gasteiger partial charge in [0.15, 0.2) is 0 Å². The van der Waals surface area contributed by atoms with E-state index in [0.717, 1.165) is 11.3 Å². The van der Waals surface area contributed by atoms with Crippen molar-refractivity contribution in [3.8, 4) is 0 Å². The minimum absolute atomic E-state index is 0.254. The molecule has 0 saturated carbocycles. The Morgan fingerprint density at radius 1 is 1.43 bits per heavy atom. The molecule has 2 aromatic rings. The molecule has 0 bridgehead atoms. The first-order valence-electron chi connectivity index (χ1n) is 6.24. The van der Waals surface area contributed by atoms with Gasteiger partial charge in [-0.05, 0) is 18.6 Å². The molecule has 110 valence electrons. The van der Waals surface area contributed by atoms with Crippen LogP contribution in [0.25, 0.3) is 0 Å². The summed E-state index contributed by atoms with van der Waals surface area (Å²) in [5, 5.41) is 17.7. The summed E-state index contributed by atoms with van der Waals surface area (Å²) in [6.45, 7) is 1.97. The van der Waals surface area contributed by atoms with Crippen molar-refractivity contribution in [1.29, 1.82) is 0 Å². The molecule has 2 rings (SSSR count). The molecular weight excluding hydrogens is 274 g/mol. The van der Waals surface area contributed by atoms with Crippen LogP contribution >= 0.6 is 0 Å². The van der Waals surface area contributed by atoms with Crippen molar-refractivity contribution in [3.05, 3.63) is 42.0 Å². The monoisotopic (exact) mass is 289 g/mol. The van der Waals surface area contributed by atoms with E-state index < -0.39 is 12.0 Å². The van der Waals surface area contributed by atoms with E-state index in [1.165, 1.54) is 17.1 Å². The van der Waals surface area contributed by atoms with E-state index in [2.05, 4.69) is 20.7 Å². The van der Waals surface area contributed by atoms with E-state index >= 15 is 0 Å². The number of carboxylic acids is 1. The Hall–Kier alpha value is -2.90. The molecule has 8 nitrogen and oxygen atoms in total. The van der Waals surface area contributed by atoms with Crippen molar-refractivity contribution in [1.82, 2.24) is 20.1 Å². The zero-order valence-electron chi connectivity index (χ0n) is 11.4. The predicted molar refractivity (Wildman–Crippen MR) is 74.7 cm³/mol. The number of carboxylic acid groups (broad SMARTS) is 1. The minimum Gasteiger partial charge on any atom is -0.480 e. The minimum atomic E-state index is -1.00. The summed E-state index contributed by atoms with van der Waals surface area (Å²) in [5.41, 5.74) is 2.20. The van der Waals surface area contributed by atoms with Gasteiger partial charge >= 0.3 is 12.0 Å². The van der Waals surface area contributed by atoms with Gasteiger partial charge < -0.3 is 15.7 Å². The molecular formula is C13H15N5O3. The standard InChI is InChI=1S/C13H15N5O3/c1-9-3-2-4-14-11(9)6-15-13(21)17-10-5-16-18(7-10)8-12(19)20/h2-5,7H,6,8H2,1H3,(H,19,20)(H2,15,17,21). The lowest BCUT2D eigenvalue weighted by molar-refractivity contribution is -0.137. The third-order valence-electron chi connectivity index (χ3n) is 2.72. The highest BCUT2D eigenvalue weighted by Gasteiger charge is 2.07. The van der Waals surface area contributed by atoms with Crippen molar-refractivity contribution in [2.45, 2.75) is 20.0 Å². The molecule has 0 aliphatic carbocycles. The molecule has 8 heteroatoms. The maximum Gasteiger partial charge on any atom is 0.325 e. The number of anilines is 1. The van der Waals surface area contributed by atoms with Gasteiger partial charge in [0.1, 0.15) is 6.54 Å². The number of amides is 2. The van der Waals surface area contributed by atoms with Crippen LogP contribution in [-0.4, -0.2) is 31.9 Å². The predicted octanol–water partition coefficient (Wildman–Crippen LogP) is 0.993. The van der Waals surface area contributed by atoms with E-state index in [4.69, 9.17) is 5.11 Å². The third-order valence-corrected chi connectivity index (χ3v) is 2.72. The molecule has 0 unspecified atom stereocenters. The van der Waals surface area contributed by atoms with Crippen LogP contribution < -0.4 is 10.6 Å². The maximum atomic E-state index is 11.7. The number of hydrogen-bond donors (Lipinski definition) is 3. The molecule has 2 amide bonds. The fourth-order valence-corrected chi connectivity index (χ4v) is 1.70. The molecule has 0 atom stereocenters. The number of rotatable bonds is 5. The lowest BCUT2D eigenvalue weighted by Gasteiger charge is -2.07. The molecule has 0 fully saturated rings. The van der Waals surface area contributed by atoms with Gasteiger partial charge in [0.25, 0.3) is 0 Å². The second-order valence-electron chi connectivity index (χ2n) is 4.40. The Balaban J connectivity index is 1.86. The van der Waals surface area contributed by atoms with Crippen molar-refractivity contribution in [2.75, 3.05) is 5.32 Å². The van der Waals surface area contributed by atoms with Crippen LogP contribution in [0.4, 0.5) is 10.5 Å². The number of aromatic nitrogens is 3. The third kappa shape index (κ3) is 4.30. The zero-order valence-corrected chi connectivity index (χ0v) is 11.4. The molecule has 3 N–H and O–H groups in total. The highest BCUT2D eigenvalue weighted by Crippen LogP contribution is 2.05. The van der Waals surface area contributed by atoms with Crippen molar-refractivity contribution in [3.63, 3.8) is 0 Å². The molecule has 2 aromatic heterocycles. The molecule has 0 saturated heterocycles. The summed E-state index contributed by atoms with van der Waals surface area (Å²) in [6, 6.07) is 3.34. The summed E-state index contributed by atoms with van der Waals surface area (Å²) in [4.78, 5) is 26.4. The van der Waals surface area contributed by atoms with E-state index in [0.29, 0.717) is 12.2 Å². The number of urea groups is 1. The van der Waals surface area contributed by atoms with Gasteiger partial charge in [-0.1, -0.05) is 6.07 Å². The largest absolute Gasteiger partial charge is 0.480 e. The van der Waals surface area contributed by atoms with Gasteiger partial charge in [-0.2, -0.15) is 5.10 Å². The zero-order chi connectivity index (χ0) is 15.2. The average Bonchev–Trinajstić information content (AvgIpc) is 2.84. The van der Waals surface area contributed by atoms with Crippen LogP contribution in [0.15, 0.2) is 30.7 Å². The number of pyridine rings is 1. The van der Waals surface area contributed by atoms with Gasteiger partial charge in [0.2, 0.25) is 0 Å². The number of carbonyl (C=O) groups is 2. The fraction of sp³-hybridized carbons (Fsp3) is 0.231. The summed E-state index contributed by atoms with van der Waals surface area (Å²) >= 11 is 0. The molecule has 0 spiro atoms. The van der Waals surface area contributed by atoms with Crippen molar-refractivity contribution in [2.24, 2.45) is 0 Å². The SMILES string of the molecule is Cc1cccnc1CNC(=O)Nc1cnn(CC(=O)O)c1. The lowest BCUT2D eigenvalue weighted by atomic mass is 10.2. The smallest absolute Gasteiger partial charge is 0.325 e. The second kappa shape index (κ2) is 6.51. The van der Waals surface area contributed by atoms with E-state index in [9.17, 15) is 9.59 Å². The number of hydrogen-bond acceptors (Lipinski definition) is 4. The topological polar surface area (TPSA) is 109 Å². The van der Waals surface area contributed by atoms with E-state index in [-0.39, 0.29) is 6.54 Å². The Morgan fingerprint density at radius 2 is 2.24 bits per heavy atom. The van der Waals surface area contributed by atoms with Crippen molar-refractivity contribution >= 4 is 17.7 Å². The first-order valence-corrected chi connectivity index (χ1v) is 6.24. The van der Waals surface area contributed by atoms with Crippen LogP contribution in [0.3, 0.4) is 0 Å². The number of carbonyl (C=O) groups excluding carboxylic acids is 1. The maximum absolute atomic E-state index is 11.7. The average molecular weight is 289 g/mol. The van der Waals surface area contributed by atoms with Gasteiger partial charge in [0.05, 0.1) is 24.1 Å². The Morgan fingerprint density at radius 3 is 2.95 bits per heavy atom. The van der Waals surface area contributed by atoms with Crippen molar-refractivity contribution < 1.29 is 14.7 Å². The Bertz CT molecular complexity index is 653. The number of nitrogens with zero attached hydrogens (tertiary/aromatic N) is 3. The van der Waals surface area contributed by atoms with Crippen LogP contribution in [0, 0.1) is 6.92 Å². The number of aryl methyl sites for hydroxylation is 1. The molecule has 2 heterocycles. The van der Waals surface area contributed by atoms with Gasteiger partial charge in [-0.15, -0.1) is 0 Å². The van der Waals surface area contributed by atoms with Crippen LogP contribution in [0.5, 0.6) is 0 Å². The van der Waals surface area contributed by atoms with Crippen LogP contribution in [-0.2, 0) is 17.9 Å². The molecule has 0 aliphatic rings.